The van der Waals surface area contributed by atoms with Crippen LogP contribution in [-0.4, -0.2) is 47.3 Å². The van der Waals surface area contributed by atoms with Gasteiger partial charge in [0.1, 0.15) is 4.90 Å². The summed E-state index contributed by atoms with van der Waals surface area (Å²) in [5, 5.41) is 5.56. The van der Waals surface area contributed by atoms with Crippen molar-refractivity contribution in [2.45, 2.75) is 54.7 Å². The van der Waals surface area contributed by atoms with Crippen LogP contribution < -0.4 is 10.0 Å². The number of benzene rings is 2. The van der Waals surface area contributed by atoms with Crippen LogP contribution in [0.3, 0.4) is 0 Å². The van der Waals surface area contributed by atoms with Crippen LogP contribution in [0.4, 0.5) is 5.69 Å². The lowest BCUT2D eigenvalue weighted by Gasteiger charge is -2.32. The van der Waals surface area contributed by atoms with Crippen LogP contribution in [-0.2, 0) is 20.0 Å². The fourth-order valence-corrected chi connectivity index (χ4v) is 8.34. The molecular weight excluding hydrogens is 470 g/mol. The number of hydrogen-bond acceptors (Lipinski definition) is 5. The van der Waals surface area contributed by atoms with E-state index in [4.69, 9.17) is 5.14 Å². The molecular formula is C25H33N3O4S2. The molecule has 1 saturated carbocycles. The predicted molar refractivity (Wildman–Crippen MR) is 133 cm³/mol. The first-order chi connectivity index (χ1) is 16.1. The largest absolute Gasteiger partial charge is 0.370 e. The van der Waals surface area contributed by atoms with E-state index in [-0.39, 0.29) is 9.79 Å². The molecule has 2 N–H and O–H groups in total. The van der Waals surface area contributed by atoms with Crippen molar-refractivity contribution in [2.75, 3.05) is 31.1 Å². The molecule has 2 aliphatic heterocycles. The van der Waals surface area contributed by atoms with Gasteiger partial charge in [0.15, 0.2) is 0 Å². The summed E-state index contributed by atoms with van der Waals surface area (Å²) in [4.78, 5) is 1.97. The van der Waals surface area contributed by atoms with Gasteiger partial charge in [0.25, 0.3) is 0 Å². The number of anilines is 1. The molecule has 0 radical (unpaired) electrons. The first-order valence-corrected chi connectivity index (χ1v) is 15.1. The molecule has 7 nitrogen and oxygen atoms in total. The molecule has 5 rings (SSSR count). The van der Waals surface area contributed by atoms with E-state index >= 15 is 0 Å². The standard InChI is InChI=1S/C25H33N3O4S2/c1-18-5-7-19(8-6-18)20-11-13-28(14-12-20)34(31,32)23-9-10-24(25(15-23)33(26,29)30)27-16-21-3-2-4-22(21)17-27/h5-10,15,20-22H,2-4,11-14,16-17H2,1H3,(H2,26,29,30)/t21-,22+. The minimum atomic E-state index is -4.08. The van der Waals surface area contributed by atoms with Gasteiger partial charge in [0.2, 0.25) is 20.0 Å². The van der Waals surface area contributed by atoms with Crippen LogP contribution in [0.1, 0.15) is 49.1 Å². The van der Waals surface area contributed by atoms with Crippen molar-refractivity contribution in [1.82, 2.24) is 4.31 Å². The Hall–Kier alpha value is -1.94. The highest BCUT2D eigenvalue weighted by Crippen LogP contribution is 2.41. The summed E-state index contributed by atoms with van der Waals surface area (Å²) in [6, 6.07) is 12.8. The number of rotatable bonds is 5. The minimum Gasteiger partial charge on any atom is -0.370 e. The van der Waals surface area contributed by atoms with Crippen molar-refractivity contribution >= 4 is 25.7 Å². The summed E-state index contributed by atoms with van der Waals surface area (Å²) in [6.07, 6.45) is 5.02. The van der Waals surface area contributed by atoms with Gasteiger partial charge in [-0.1, -0.05) is 36.2 Å². The fourth-order valence-electron chi connectivity index (χ4n) is 5.99. The number of primary sulfonamides is 1. The number of sulfonamides is 2. The van der Waals surface area contributed by atoms with E-state index < -0.39 is 20.0 Å². The lowest BCUT2D eigenvalue weighted by atomic mass is 9.90. The number of fused-ring (bicyclic) bond motifs is 1. The maximum absolute atomic E-state index is 13.4. The molecule has 2 aromatic carbocycles. The Labute approximate surface area is 203 Å². The Morgan fingerprint density at radius 2 is 1.47 bits per heavy atom. The van der Waals surface area contributed by atoms with Crippen LogP contribution in [0.25, 0.3) is 0 Å². The lowest BCUT2D eigenvalue weighted by molar-refractivity contribution is 0.319. The van der Waals surface area contributed by atoms with Gasteiger partial charge in [-0.2, -0.15) is 4.31 Å². The Balaban J connectivity index is 1.37. The summed E-state index contributed by atoms with van der Waals surface area (Å²) in [5.41, 5.74) is 2.96. The van der Waals surface area contributed by atoms with Gasteiger partial charge >= 0.3 is 0 Å². The minimum absolute atomic E-state index is 0.00606. The summed E-state index contributed by atoms with van der Waals surface area (Å²) < 4.78 is 53.3. The monoisotopic (exact) mass is 503 g/mol. The summed E-state index contributed by atoms with van der Waals surface area (Å²) >= 11 is 0. The first kappa shape index (κ1) is 23.8. The normalized spacial score (nSPS) is 24.5. The molecule has 2 saturated heterocycles. The summed E-state index contributed by atoms with van der Waals surface area (Å²) in [6.45, 7) is 4.46. The summed E-state index contributed by atoms with van der Waals surface area (Å²) in [5.74, 6) is 1.47. The van der Waals surface area contributed by atoms with Gasteiger partial charge in [-0.05, 0) is 74.1 Å². The zero-order valence-corrected chi connectivity index (χ0v) is 21.2. The average Bonchev–Trinajstić information content (AvgIpc) is 3.41. The molecule has 3 fully saturated rings. The molecule has 184 valence electrons. The molecule has 1 aliphatic carbocycles. The molecule has 2 atom stereocenters. The molecule has 2 aromatic rings. The third-order valence-corrected chi connectivity index (χ3v) is 10.8. The third-order valence-electron chi connectivity index (χ3n) is 7.95. The van der Waals surface area contributed by atoms with Crippen molar-refractivity contribution in [3.63, 3.8) is 0 Å². The maximum atomic E-state index is 13.4. The van der Waals surface area contributed by atoms with Crippen molar-refractivity contribution in [3.8, 4) is 0 Å². The van der Waals surface area contributed by atoms with Crippen LogP contribution in [0, 0.1) is 18.8 Å². The van der Waals surface area contributed by atoms with E-state index in [9.17, 15) is 16.8 Å². The predicted octanol–water partition coefficient (Wildman–Crippen LogP) is 3.45. The number of nitrogens with zero attached hydrogens (tertiary/aromatic N) is 2. The van der Waals surface area contributed by atoms with Crippen molar-refractivity contribution in [1.29, 1.82) is 0 Å². The van der Waals surface area contributed by atoms with E-state index in [0.717, 1.165) is 38.8 Å². The van der Waals surface area contributed by atoms with Gasteiger partial charge in [0.05, 0.1) is 10.6 Å². The fraction of sp³-hybridized carbons (Fsp3) is 0.520. The number of piperidine rings is 1. The molecule has 0 spiro atoms. The first-order valence-electron chi connectivity index (χ1n) is 12.1. The highest BCUT2D eigenvalue weighted by Gasteiger charge is 2.38. The molecule has 34 heavy (non-hydrogen) atoms. The molecule has 3 aliphatic rings. The Morgan fingerprint density at radius 1 is 0.853 bits per heavy atom. The van der Waals surface area contributed by atoms with Crippen molar-refractivity contribution in [2.24, 2.45) is 17.0 Å². The smallest absolute Gasteiger partial charge is 0.243 e. The van der Waals surface area contributed by atoms with E-state index in [1.54, 1.807) is 12.1 Å². The number of nitrogens with two attached hydrogens (primary N) is 1. The maximum Gasteiger partial charge on any atom is 0.243 e. The highest BCUT2D eigenvalue weighted by atomic mass is 32.2. The van der Waals surface area contributed by atoms with Crippen LogP contribution in [0.15, 0.2) is 52.3 Å². The van der Waals surface area contributed by atoms with Crippen molar-refractivity contribution < 1.29 is 16.8 Å². The topological polar surface area (TPSA) is 101 Å². The third kappa shape index (κ3) is 4.51. The van der Waals surface area contributed by atoms with E-state index in [1.807, 2.05) is 0 Å². The van der Waals surface area contributed by atoms with E-state index in [1.165, 1.54) is 27.9 Å². The SMILES string of the molecule is Cc1ccc(C2CCN(S(=O)(=O)c3ccc(N4C[C@H]5CCC[C@H]5C4)c(S(N)(=O)=O)c3)CC2)cc1. The zero-order chi connectivity index (χ0) is 24.1. The van der Waals surface area contributed by atoms with Crippen LogP contribution in [0.5, 0.6) is 0 Å². The van der Waals surface area contributed by atoms with Gasteiger partial charge in [-0.25, -0.2) is 22.0 Å². The van der Waals surface area contributed by atoms with Crippen molar-refractivity contribution in [3.05, 3.63) is 53.6 Å². The molecule has 0 aromatic heterocycles. The number of aryl methyl sites for hydroxylation is 1. The summed E-state index contributed by atoms with van der Waals surface area (Å²) in [7, 11) is -7.90. The number of hydrogen-bond donors (Lipinski definition) is 1. The van der Waals surface area contributed by atoms with Crippen LogP contribution >= 0.6 is 0 Å². The Morgan fingerprint density at radius 3 is 2.06 bits per heavy atom. The van der Waals surface area contributed by atoms with Gasteiger partial charge in [-0.3, -0.25) is 0 Å². The Bertz CT molecular complexity index is 1260. The molecule has 0 unspecified atom stereocenters. The highest BCUT2D eigenvalue weighted by molar-refractivity contribution is 7.90. The van der Waals surface area contributed by atoms with E-state index in [0.29, 0.717) is 36.5 Å². The van der Waals surface area contributed by atoms with Gasteiger partial charge in [0, 0.05) is 26.2 Å². The molecule has 0 bridgehead atoms. The second-order valence-electron chi connectivity index (χ2n) is 10.1. The molecule has 9 heteroatoms. The second kappa shape index (κ2) is 8.93. The zero-order valence-electron chi connectivity index (χ0n) is 19.6. The van der Waals surface area contributed by atoms with Gasteiger partial charge in [-0.15, -0.1) is 0 Å². The quantitative estimate of drug-likeness (QED) is 0.674. The van der Waals surface area contributed by atoms with Gasteiger partial charge < -0.3 is 4.90 Å². The second-order valence-corrected chi connectivity index (χ2v) is 13.6. The Kier molecular flexibility index (Phi) is 6.25. The lowest BCUT2D eigenvalue weighted by Crippen LogP contribution is -2.38. The van der Waals surface area contributed by atoms with E-state index in [2.05, 4.69) is 36.1 Å². The molecule has 0 amide bonds. The average molecular weight is 504 g/mol. The molecule has 2 heterocycles. The van der Waals surface area contributed by atoms with Crippen LogP contribution in [0.2, 0.25) is 0 Å².